The van der Waals surface area contributed by atoms with Crippen molar-refractivity contribution in [2.24, 2.45) is 0 Å². The predicted octanol–water partition coefficient (Wildman–Crippen LogP) is 3.96. The van der Waals surface area contributed by atoms with Crippen molar-refractivity contribution >= 4 is 22.4 Å². The molecule has 1 N–H and O–H groups in total. The molecule has 1 aliphatic heterocycles. The summed E-state index contributed by atoms with van der Waals surface area (Å²) in [5.74, 6) is 0.726. The summed E-state index contributed by atoms with van der Waals surface area (Å²) in [6.07, 6.45) is 3.55. The molecule has 5 rings (SSSR count). The van der Waals surface area contributed by atoms with Gasteiger partial charge in [-0.05, 0) is 24.3 Å². The van der Waals surface area contributed by atoms with Crippen LogP contribution < -0.4 is 10.7 Å². The van der Waals surface area contributed by atoms with Gasteiger partial charge in [-0.3, -0.25) is 19.2 Å². The minimum atomic E-state index is -0.0445. The van der Waals surface area contributed by atoms with Crippen molar-refractivity contribution in [3.8, 4) is 5.69 Å². The maximum Gasteiger partial charge on any atom is 0.193 e. The van der Waals surface area contributed by atoms with Crippen LogP contribution >= 0.6 is 0 Å². The first-order valence-electron chi connectivity index (χ1n) is 10.5. The Bertz CT molecular complexity index is 1230. The second kappa shape index (κ2) is 8.71. The average molecular weight is 412 g/mol. The largest absolute Gasteiger partial charge is 0.379 e. The van der Waals surface area contributed by atoms with Crippen molar-refractivity contribution < 1.29 is 4.74 Å². The van der Waals surface area contributed by atoms with Gasteiger partial charge in [-0.1, -0.05) is 36.4 Å². The topological polar surface area (TPSA) is 59.4 Å². The highest BCUT2D eigenvalue weighted by molar-refractivity contribution is 5.86. The number of aromatic nitrogens is 2. The number of nitrogens with zero attached hydrogens (tertiary/aromatic N) is 3. The number of pyridine rings is 2. The number of ether oxygens (including phenoxy) is 1. The van der Waals surface area contributed by atoms with Crippen molar-refractivity contribution in [1.82, 2.24) is 14.5 Å². The van der Waals surface area contributed by atoms with Crippen LogP contribution in [0, 0.1) is 0 Å². The van der Waals surface area contributed by atoms with Crippen LogP contribution in [0.15, 0.2) is 83.9 Å². The van der Waals surface area contributed by atoms with Crippen LogP contribution in [-0.2, 0) is 11.3 Å². The number of morpholine rings is 1. The van der Waals surface area contributed by atoms with E-state index in [1.54, 1.807) is 12.3 Å². The first kappa shape index (κ1) is 19.5. The van der Waals surface area contributed by atoms with Crippen molar-refractivity contribution in [3.05, 3.63) is 94.9 Å². The van der Waals surface area contributed by atoms with Gasteiger partial charge in [-0.2, -0.15) is 0 Å². The van der Waals surface area contributed by atoms with E-state index in [0.29, 0.717) is 5.39 Å². The van der Waals surface area contributed by atoms with E-state index in [-0.39, 0.29) is 5.43 Å². The molecule has 1 saturated heterocycles. The fourth-order valence-corrected chi connectivity index (χ4v) is 4.05. The summed E-state index contributed by atoms with van der Waals surface area (Å²) in [6, 6.07) is 21.7. The molecule has 1 aliphatic rings. The molecule has 6 nitrogen and oxygen atoms in total. The summed E-state index contributed by atoms with van der Waals surface area (Å²) >= 11 is 0. The van der Waals surface area contributed by atoms with Crippen LogP contribution in [0.1, 0.15) is 5.56 Å². The SMILES string of the molecule is O=c1cc(Nc2ccccc2)n(-c2ccccc2)c2c(CN3CCOCC3)cncc12. The summed E-state index contributed by atoms with van der Waals surface area (Å²) in [5.41, 5.74) is 3.78. The lowest BCUT2D eigenvalue weighted by molar-refractivity contribution is 0.0343. The molecule has 1 fully saturated rings. The number of hydrogen-bond acceptors (Lipinski definition) is 5. The Morgan fingerprint density at radius 3 is 2.39 bits per heavy atom. The molecule has 2 aromatic carbocycles. The zero-order valence-electron chi connectivity index (χ0n) is 17.2. The summed E-state index contributed by atoms with van der Waals surface area (Å²) in [5, 5.41) is 4.06. The Hall–Kier alpha value is -3.48. The van der Waals surface area contributed by atoms with Crippen molar-refractivity contribution in [1.29, 1.82) is 0 Å². The molecule has 0 radical (unpaired) electrons. The van der Waals surface area contributed by atoms with Gasteiger partial charge in [0, 0.05) is 55.0 Å². The van der Waals surface area contributed by atoms with E-state index in [1.807, 2.05) is 54.7 Å². The molecule has 6 heteroatoms. The van der Waals surface area contributed by atoms with Gasteiger partial charge in [0.1, 0.15) is 5.82 Å². The number of hydrogen-bond donors (Lipinski definition) is 1. The highest BCUT2D eigenvalue weighted by Crippen LogP contribution is 2.27. The maximum absolute atomic E-state index is 13.1. The number of anilines is 2. The smallest absolute Gasteiger partial charge is 0.193 e. The maximum atomic E-state index is 13.1. The third kappa shape index (κ3) is 4.08. The molecule has 0 aliphatic carbocycles. The first-order chi connectivity index (χ1) is 15.3. The molecular formula is C25H24N4O2. The van der Waals surface area contributed by atoms with E-state index in [9.17, 15) is 4.79 Å². The molecule has 0 spiro atoms. The molecule has 0 saturated carbocycles. The molecule has 0 atom stereocenters. The standard InChI is InChI=1S/C25H24N4O2/c30-23-15-24(27-20-7-3-1-4-8-20)29(21-9-5-2-6-10-21)25-19(16-26-17-22(23)25)18-28-11-13-31-14-12-28/h1-10,15-17,27H,11-14,18H2. The van der Waals surface area contributed by atoms with E-state index in [4.69, 9.17) is 4.74 Å². The molecule has 0 bridgehead atoms. The number of benzene rings is 2. The zero-order valence-corrected chi connectivity index (χ0v) is 17.2. The van der Waals surface area contributed by atoms with E-state index >= 15 is 0 Å². The Morgan fingerprint density at radius 2 is 1.65 bits per heavy atom. The lowest BCUT2D eigenvalue weighted by Crippen LogP contribution is -2.35. The molecule has 4 aromatic rings. The lowest BCUT2D eigenvalue weighted by atomic mass is 10.1. The first-order valence-corrected chi connectivity index (χ1v) is 10.5. The minimum Gasteiger partial charge on any atom is -0.379 e. The van der Waals surface area contributed by atoms with Crippen LogP contribution in [0.2, 0.25) is 0 Å². The summed E-state index contributed by atoms with van der Waals surface area (Å²) in [7, 11) is 0. The summed E-state index contributed by atoms with van der Waals surface area (Å²) < 4.78 is 7.63. The van der Waals surface area contributed by atoms with E-state index < -0.39 is 0 Å². The van der Waals surface area contributed by atoms with Gasteiger partial charge in [0.15, 0.2) is 5.43 Å². The third-order valence-corrected chi connectivity index (χ3v) is 5.55. The molecule has 0 unspecified atom stereocenters. The highest BCUT2D eigenvalue weighted by atomic mass is 16.5. The molecule has 2 aromatic heterocycles. The second-order valence-corrected chi connectivity index (χ2v) is 7.64. The normalized spacial score (nSPS) is 14.6. The highest BCUT2D eigenvalue weighted by Gasteiger charge is 2.18. The second-order valence-electron chi connectivity index (χ2n) is 7.64. The molecule has 31 heavy (non-hydrogen) atoms. The number of para-hydroxylation sites is 2. The van der Waals surface area contributed by atoms with Gasteiger partial charge in [-0.15, -0.1) is 0 Å². The summed E-state index contributed by atoms with van der Waals surface area (Å²) in [4.78, 5) is 19.8. The van der Waals surface area contributed by atoms with Gasteiger partial charge in [-0.25, -0.2) is 0 Å². The van der Waals surface area contributed by atoms with Gasteiger partial charge >= 0.3 is 0 Å². The Labute approximate surface area is 180 Å². The number of nitrogens with one attached hydrogen (secondary N) is 1. The molecular weight excluding hydrogens is 388 g/mol. The van der Waals surface area contributed by atoms with Crippen LogP contribution in [0.25, 0.3) is 16.6 Å². The van der Waals surface area contributed by atoms with Crippen LogP contribution in [0.5, 0.6) is 0 Å². The van der Waals surface area contributed by atoms with Crippen molar-refractivity contribution in [3.63, 3.8) is 0 Å². The Morgan fingerprint density at radius 1 is 0.935 bits per heavy atom. The zero-order chi connectivity index (χ0) is 21.0. The average Bonchev–Trinajstić information content (AvgIpc) is 2.82. The molecule has 156 valence electrons. The van der Waals surface area contributed by atoms with Gasteiger partial charge < -0.3 is 10.1 Å². The van der Waals surface area contributed by atoms with Crippen LogP contribution in [0.4, 0.5) is 11.5 Å². The van der Waals surface area contributed by atoms with E-state index in [2.05, 4.69) is 31.9 Å². The molecule has 3 heterocycles. The van der Waals surface area contributed by atoms with E-state index in [1.165, 1.54) is 0 Å². The molecule has 0 amide bonds. The Kier molecular flexibility index (Phi) is 5.48. The van der Waals surface area contributed by atoms with Gasteiger partial charge in [0.25, 0.3) is 0 Å². The van der Waals surface area contributed by atoms with Crippen LogP contribution in [0.3, 0.4) is 0 Å². The van der Waals surface area contributed by atoms with E-state index in [0.717, 1.165) is 61.1 Å². The number of rotatable bonds is 5. The quantitative estimate of drug-likeness (QED) is 0.538. The minimum absolute atomic E-state index is 0.0445. The lowest BCUT2D eigenvalue weighted by Gasteiger charge is -2.27. The Balaban J connectivity index is 1.72. The van der Waals surface area contributed by atoms with Gasteiger partial charge in [0.05, 0.1) is 24.1 Å². The van der Waals surface area contributed by atoms with Crippen molar-refractivity contribution in [2.45, 2.75) is 6.54 Å². The monoisotopic (exact) mass is 412 g/mol. The fourth-order valence-electron chi connectivity index (χ4n) is 4.05. The predicted molar refractivity (Wildman–Crippen MR) is 123 cm³/mol. The fraction of sp³-hybridized carbons (Fsp3) is 0.200. The van der Waals surface area contributed by atoms with Crippen LogP contribution in [-0.4, -0.2) is 40.8 Å². The number of fused-ring (bicyclic) bond motifs is 1. The van der Waals surface area contributed by atoms with Gasteiger partial charge in [0.2, 0.25) is 0 Å². The van der Waals surface area contributed by atoms with Crippen molar-refractivity contribution in [2.75, 3.05) is 31.6 Å². The summed E-state index contributed by atoms with van der Waals surface area (Å²) in [6.45, 7) is 3.91. The third-order valence-electron chi connectivity index (χ3n) is 5.55.